The Bertz CT molecular complexity index is 776. The van der Waals surface area contributed by atoms with Crippen molar-refractivity contribution in [3.05, 3.63) is 52.1 Å². The number of hydrogen-bond donors (Lipinski definition) is 1. The average Bonchev–Trinajstić information content (AvgIpc) is 3.00. The Hall–Kier alpha value is -2.09. The average molecular weight is 450 g/mol. The van der Waals surface area contributed by atoms with Crippen LogP contribution in [0.5, 0.6) is 5.75 Å². The Morgan fingerprint density at radius 3 is 2.64 bits per heavy atom. The Morgan fingerprint density at radius 2 is 1.96 bits per heavy atom. The summed E-state index contributed by atoms with van der Waals surface area (Å²) in [6.07, 6.45) is 0.225. The number of amides is 2. The molecule has 0 spiro atoms. The highest BCUT2D eigenvalue weighted by atomic mass is 127. The van der Waals surface area contributed by atoms with E-state index in [0.717, 1.165) is 20.7 Å². The zero-order valence-electron chi connectivity index (χ0n) is 13.9. The molecule has 0 radical (unpaired) electrons. The zero-order chi connectivity index (χ0) is 17.8. The van der Waals surface area contributed by atoms with E-state index in [1.165, 1.54) is 0 Å². The molecule has 1 aliphatic rings. The van der Waals surface area contributed by atoms with Gasteiger partial charge in [-0.05, 0) is 65.9 Å². The van der Waals surface area contributed by atoms with Crippen LogP contribution in [0.3, 0.4) is 0 Å². The van der Waals surface area contributed by atoms with Gasteiger partial charge in [0.15, 0.2) is 0 Å². The molecule has 5 nitrogen and oxygen atoms in total. The van der Waals surface area contributed by atoms with E-state index in [0.29, 0.717) is 13.2 Å². The first-order valence-corrected chi connectivity index (χ1v) is 9.25. The highest BCUT2D eigenvalue weighted by Crippen LogP contribution is 2.28. The predicted molar refractivity (Wildman–Crippen MR) is 106 cm³/mol. The van der Waals surface area contributed by atoms with E-state index in [1.807, 2.05) is 55.5 Å². The van der Waals surface area contributed by atoms with Crippen LogP contribution in [0.25, 0.3) is 0 Å². The Kier molecular flexibility index (Phi) is 5.57. The van der Waals surface area contributed by atoms with Crippen LogP contribution in [0.2, 0.25) is 0 Å². The molecular formula is C19H19IN2O3. The summed E-state index contributed by atoms with van der Waals surface area (Å²) in [6.45, 7) is 2.92. The topological polar surface area (TPSA) is 58.6 Å². The van der Waals surface area contributed by atoms with Crippen LogP contribution in [0.1, 0.15) is 13.3 Å². The molecule has 1 aliphatic heterocycles. The van der Waals surface area contributed by atoms with Crippen molar-refractivity contribution < 1.29 is 14.3 Å². The number of rotatable bonds is 5. The minimum atomic E-state index is -0.352. The van der Waals surface area contributed by atoms with Gasteiger partial charge in [-0.15, -0.1) is 0 Å². The van der Waals surface area contributed by atoms with Gasteiger partial charge >= 0.3 is 0 Å². The molecule has 1 saturated heterocycles. The van der Waals surface area contributed by atoms with Gasteiger partial charge in [0.05, 0.1) is 18.2 Å². The number of hydrogen-bond acceptors (Lipinski definition) is 3. The van der Waals surface area contributed by atoms with Crippen molar-refractivity contribution in [3.8, 4) is 5.75 Å². The van der Waals surface area contributed by atoms with E-state index in [9.17, 15) is 9.59 Å². The normalized spacial score (nSPS) is 16.8. The van der Waals surface area contributed by atoms with Crippen molar-refractivity contribution in [3.63, 3.8) is 0 Å². The minimum Gasteiger partial charge on any atom is -0.494 e. The molecule has 3 rings (SSSR count). The van der Waals surface area contributed by atoms with Gasteiger partial charge in [-0.3, -0.25) is 9.59 Å². The van der Waals surface area contributed by atoms with Gasteiger partial charge in [-0.1, -0.05) is 12.1 Å². The number of nitrogens with one attached hydrogen (secondary N) is 1. The third-order valence-electron chi connectivity index (χ3n) is 4.09. The summed E-state index contributed by atoms with van der Waals surface area (Å²) in [7, 11) is 0. The summed E-state index contributed by atoms with van der Waals surface area (Å²) in [5.41, 5.74) is 1.57. The summed E-state index contributed by atoms with van der Waals surface area (Å²) in [5, 5.41) is 2.93. The first-order valence-electron chi connectivity index (χ1n) is 8.17. The molecule has 2 aromatic rings. The van der Waals surface area contributed by atoms with Gasteiger partial charge in [-0.25, -0.2) is 0 Å². The lowest BCUT2D eigenvalue weighted by Crippen LogP contribution is -2.28. The van der Waals surface area contributed by atoms with Gasteiger partial charge < -0.3 is 15.0 Å². The first-order chi connectivity index (χ1) is 12.1. The van der Waals surface area contributed by atoms with Crippen molar-refractivity contribution in [2.75, 3.05) is 23.4 Å². The molecule has 0 saturated carbocycles. The predicted octanol–water partition coefficient (Wildman–Crippen LogP) is 3.68. The molecule has 0 unspecified atom stereocenters. The van der Waals surface area contributed by atoms with Crippen LogP contribution >= 0.6 is 22.6 Å². The van der Waals surface area contributed by atoms with E-state index >= 15 is 0 Å². The fraction of sp³-hybridized carbons (Fsp3) is 0.263. The highest BCUT2D eigenvalue weighted by Gasteiger charge is 2.35. The molecule has 0 bridgehead atoms. The van der Waals surface area contributed by atoms with E-state index in [4.69, 9.17) is 4.74 Å². The van der Waals surface area contributed by atoms with Crippen LogP contribution < -0.4 is 15.0 Å². The maximum Gasteiger partial charge on any atom is 0.229 e. The Morgan fingerprint density at radius 1 is 1.24 bits per heavy atom. The number of carbonyl (C=O) groups is 2. The number of carbonyl (C=O) groups excluding carboxylic acids is 2. The van der Waals surface area contributed by atoms with E-state index < -0.39 is 0 Å². The molecule has 1 heterocycles. The SMILES string of the molecule is CCOc1ccc(N2C[C@H](C(=O)Nc3ccccc3I)CC2=O)cc1. The number of anilines is 2. The largest absolute Gasteiger partial charge is 0.494 e. The van der Waals surface area contributed by atoms with E-state index in [-0.39, 0.29) is 24.2 Å². The lowest BCUT2D eigenvalue weighted by atomic mass is 10.1. The number of para-hydroxylation sites is 1. The summed E-state index contributed by atoms with van der Waals surface area (Å²) in [6, 6.07) is 15.0. The van der Waals surface area contributed by atoms with Crippen LogP contribution in [-0.2, 0) is 9.59 Å². The second-order valence-electron chi connectivity index (χ2n) is 5.80. The number of halogens is 1. The second-order valence-corrected chi connectivity index (χ2v) is 6.96. The molecular weight excluding hydrogens is 431 g/mol. The molecule has 2 amide bonds. The highest BCUT2D eigenvalue weighted by molar-refractivity contribution is 14.1. The second kappa shape index (κ2) is 7.86. The van der Waals surface area contributed by atoms with Crippen molar-refractivity contribution in [2.45, 2.75) is 13.3 Å². The molecule has 1 fully saturated rings. The summed E-state index contributed by atoms with van der Waals surface area (Å²) < 4.78 is 6.39. The van der Waals surface area contributed by atoms with Gasteiger partial charge in [0.2, 0.25) is 11.8 Å². The Labute approximate surface area is 160 Å². The molecule has 2 aromatic carbocycles. The van der Waals surface area contributed by atoms with E-state index in [2.05, 4.69) is 27.9 Å². The molecule has 130 valence electrons. The van der Waals surface area contributed by atoms with Crippen LogP contribution in [-0.4, -0.2) is 25.0 Å². The van der Waals surface area contributed by atoms with Gasteiger partial charge in [-0.2, -0.15) is 0 Å². The van der Waals surface area contributed by atoms with Gasteiger partial charge in [0.25, 0.3) is 0 Å². The van der Waals surface area contributed by atoms with Crippen LogP contribution in [0, 0.1) is 9.49 Å². The van der Waals surface area contributed by atoms with Crippen LogP contribution in [0.15, 0.2) is 48.5 Å². The smallest absolute Gasteiger partial charge is 0.229 e. The molecule has 1 atom stereocenters. The monoisotopic (exact) mass is 450 g/mol. The number of benzene rings is 2. The van der Waals surface area contributed by atoms with Crippen molar-refractivity contribution in [1.82, 2.24) is 0 Å². The fourth-order valence-electron chi connectivity index (χ4n) is 2.82. The third-order valence-corrected chi connectivity index (χ3v) is 5.03. The zero-order valence-corrected chi connectivity index (χ0v) is 16.0. The van der Waals surface area contributed by atoms with Crippen LogP contribution in [0.4, 0.5) is 11.4 Å². The summed E-state index contributed by atoms with van der Waals surface area (Å²) in [4.78, 5) is 26.5. The molecule has 0 aliphatic carbocycles. The van der Waals surface area contributed by atoms with Gasteiger partial charge in [0.1, 0.15) is 5.75 Å². The van der Waals surface area contributed by atoms with Crippen molar-refractivity contribution >= 4 is 45.8 Å². The van der Waals surface area contributed by atoms with Gasteiger partial charge in [0, 0.05) is 22.2 Å². The minimum absolute atomic E-state index is 0.0351. The fourth-order valence-corrected chi connectivity index (χ4v) is 3.34. The first kappa shape index (κ1) is 17.7. The van der Waals surface area contributed by atoms with Crippen molar-refractivity contribution in [1.29, 1.82) is 0 Å². The van der Waals surface area contributed by atoms with E-state index in [1.54, 1.807) is 4.90 Å². The molecule has 0 aromatic heterocycles. The number of nitrogens with zero attached hydrogens (tertiary/aromatic N) is 1. The Balaban J connectivity index is 1.67. The third kappa shape index (κ3) is 4.12. The van der Waals surface area contributed by atoms with Crippen molar-refractivity contribution in [2.24, 2.45) is 5.92 Å². The molecule has 6 heteroatoms. The standard InChI is InChI=1S/C19H19IN2O3/c1-2-25-15-9-7-14(8-10-15)22-12-13(11-18(22)23)19(24)21-17-6-4-3-5-16(17)20/h3-10,13H,2,11-12H2,1H3,(H,21,24)/t13-/m1/s1. The molecule has 1 N–H and O–H groups in total. The quantitative estimate of drug-likeness (QED) is 0.708. The summed E-state index contributed by atoms with van der Waals surface area (Å²) >= 11 is 2.18. The molecule has 25 heavy (non-hydrogen) atoms. The lowest BCUT2D eigenvalue weighted by Gasteiger charge is -2.17. The maximum atomic E-state index is 12.5. The lowest BCUT2D eigenvalue weighted by molar-refractivity contribution is -0.122. The number of ether oxygens (including phenoxy) is 1. The maximum absolute atomic E-state index is 12.5. The summed E-state index contributed by atoms with van der Waals surface area (Å²) in [5.74, 6) is 0.263.